The van der Waals surface area contributed by atoms with Crippen LogP contribution in [-0.4, -0.2) is 41.3 Å². The number of fused-ring (bicyclic) bond motifs is 1. The molecule has 1 unspecified atom stereocenters. The van der Waals surface area contributed by atoms with E-state index in [0.29, 0.717) is 20.3 Å². The third kappa shape index (κ3) is 3.80. The van der Waals surface area contributed by atoms with Gasteiger partial charge in [0.2, 0.25) is 5.82 Å². The SMILES string of the molecule is O=C(O)C1CSC(c2nc3ccc(OS(=O)(=O)c4c(F)c(F)c(F)c(F)c4F)cc3s2)=N1. The maximum Gasteiger partial charge on any atom is 0.345 e. The van der Waals surface area contributed by atoms with Crippen molar-refractivity contribution in [1.29, 1.82) is 0 Å². The van der Waals surface area contributed by atoms with Crippen molar-refractivity contribution in [2.24, 2.45) is 4.99 Å². The van der Waals surface area contributed by atoms with Crippen molar-refractivity contribution in [1.82, 2.24) is 4.98 Å². The summed E-state index contributed by atoms with van der Waals surface area (Å²) in [5.41, 5.74) is 0.355. The van der Waals surface area contributed by atoms with Crippen LogP contribution in [0.2, 0.25) is 0 Å². The maximum atomic E-state index is 13.9. The average molecular weight is 510 g/mol. The molecule has 0 amide bonds. The number of thioether (sulfide) groups is 1. The second-order valence-electron chi connectivity index (χ2n) is 6.18. The summed E-state index contributed by atoms with van der Waals surface area (Å²) in [6.07, 6.45) is 0. The Morgan fingerprint density at radius 2 is 1.69 bits per heavy atom. The minimum absolute atomic E-state index is 0.217. The zero-order valence-electron chi connectivity index (χ0n) is 15.1. The third-order valence-electron chi connectivity index (χ3n) is 4.10. The molecule has 0 saturated carbocycles. The number of hydrogen-bond acceptors (Lipinski definition) is 8. The van der Waals surface area contributed by atoms with Crippen molar-refractivity contribution in [2.75, 3.05) is 5.75 Å². The number of nitrogens with zero attached hydrogens (tertiary/aromatic N) is 2. The van der Waals surface area contributed by atoms with Gasteiger partial charge in [-0.25, -0.2) is 31.7 Å². The summed E-state index contributed by atoms with van der Waals surface area (Å²) in [6.45, 7) is 0. The molecular weight excluding hydrogens is 503 g/mol. The first kappa shape index (κ1) is 22.4. The molecule has 3 aromatic rings. The molecule has 0 radical (unpaired) electrons. The fraction of sp³-hybridized carbons (Fsp3) is 0.118. The van der Waals surface area contributed by atoms with Crippen LogP contribution in [-0.2, 0) is 14.9 Å². The van der Waals surface area contributed by atoms with Gasteiger partial charge in [0.05, 0.1) is 10.2 Å². The van der Waals surface area contributed by atoms with E-state index in [1.807, 2.05) is 0 Å². The predicted octanol–water partition coefficient (Wildman–Crippen LogP) is 3.71. The van der Waals surface area contributed by atoms with E-state index in [4.69, 9.17) is 5.11 Å². The van der Waals surface area contributed by atoms with Crippen molar-refractivity contribution >= 4 is 54.4 Å². The summed E-state index contributed by atoms with van der Waals surface area (Å²) >= 11 is 2.18. The van der Waals surface area contributed by atoms with Gasteiger partial charge in [0.15, 0.2) is 34.2 Å². The fourth-order valence-corrected chi connectivity index (χ4v) is 5.79. The number of benzene rings is 2. The van der Waals surface area contributed by atoms with Crippen LogP contribution in [0.5, 0.6) is 5.75 Å². The van der Waals surface area contributed by atoms with Gasteiger partial charge in [-0.15, -0.1) is 23.1 Å². The van der Waals surface area contributed by atoms with Crippen LogP contribution in [0.3, 0.4) is 0 Å². The first-order valence-corrected chi connectivity index (χ1v) is 11.5. The first-order chi connectivity index (χ1) is 15.0. The number of aromatic nitrogens is 1. The van der Waals surface area contributed by atoms with Crippen LogP contribution >= 0.6 is 23.1 Å². The summed E-state index contributed by atoms with van der Waals surface area (Å²) in [7, 11) is -5.44. The number of aliphatic imine (C=N–C) groups is 1. The van der Waals surface area contributed by atoms with Gasteiger partial charge in [-0.05, 0) is 12.1 Å². The third-order valence-corrected chi connectivity index (χ3v) is 7.58. The van der Waals surface area contributed by atoms with Gasteiger partial charge in [0, 0.05) is 11.8 Å². The van der Waals surface area contributed by atoms with Crippen molar-refractivity contribution in [3.05, 3.63) is 52.3 Å². The summed E-state index contributed by atoms with van der Waals surface area (Å²) in [6, 6.07) is 2.58. The van der Waals surface area contributed by atoms with Crippen LogP contribution in [0, 0.1) is 29.1 Å². The maximum absolute atomic E-state index is 13.9. The number of carbonyl (C=O) groups is 1. The fourth-order valence-electron chi connectivity index (χ4n) is 2.64. The highest BCUT2D eigenvalue weighted by atomic mass is 32.2. The van der Waals surface area contributed by atoms with Gasteiger partial charge in [0.25, 0.3) is 0 Å². The number of thiazole rings is 1. The Hall–Kier alpha value is -2.78. The first-order valence-electron chi connectivity index (χ1n) is 8.30. The zero-order chi connectivity index (χ0) is 23.4. The minimum atomic E-state index is -5.44. The quantitative estimate of drug-likeness (QED) is 0.241. The van der Waals surface area contributed by atoms with Gasteiger partial charge in [-0.2, -0.15) is 8.42 Å². The van der Waals surface area contributed by atoms with E-state index in [2.05, 4.69) is 14.2 Å². The number of carboxylic acid groups (broad SMARTS) is 1. The number of aliphatic carboxylic acids is 1. The van der Waals surface area contributed by atoms with Crippen molar-refractivity contribution in [3.8, 4) is 5.75 Å². The lowest BCUT2D eigenvalue weighted by Gasteiger charge is -2.10. The molecule has 168 valence electrons. The van der Waals surface area contributed by atoms with E-state index >= 15 is 0 Å². The second kappa shape index (κ2) is 7.97. The minimum Gasteiger partial charge on any atom is -0.480 e. The molecule has 0 saturated heterocycles. The molecule has 7 nitrogen and oxygen atoms in total. The van der Waals surface area contributed by atoms with Crippen molar-refractivity contribution < 1.29 is 44.5 Å². The Kier molecular flexibility index (Phi) is 5.58. The Morgan fingerprint density at radius 3 is 2.28 bits per heavy atom. The lowest BCUT2D eigenvalue weighted by molar-refractivity contribution is -0.137. The highest BCUT2D eigenvalue weighted by Crippen LogP contribution is 2.33. The molecule has 4 rings (SSSR count). The monoisotopic (exact) mass is 510 g/mol. The predicted molar refractivity (Wildman–Crippen MR) is 104 cm³/mol. The summed E-state index contributed by atoms with van der Waals surface area (Å²) in [5, 5.41) is 9.74. The molecule has 0 aliphatic carbocycles. The Balaban J connectivity index is 1.69. The van der Waals surface area contributed by atoms with E-state index in [0.717, 1.165) is 23.5 Å². The van der Waals surface area contributed by atoms with E-state index in [1.54, 1.807) is 0 Å². The molecule has 1 N–H and O–H groups in total. The number of rotatable bonds is 5. The zero-order valence-corrected chi connectivity index (χ0v) is 17.6. The molecule has 15 heteroatoms. The lowest BCUT2D eigenvalue weighted by atomic mass is 10.3. The smallest absolute Gasteiger partial charge is 0.345 e. The van der Waals surface area contributed by atoms with E-state index in [9.17, 15) is 35.2 Å². The van der Waals surface area contributed by atoms with Crippen molar-refractivity contribution in [3.63, 3.8) is 0 Å². The number of hydrogen-bond donors (Lipinski definition) is 1. The van der Waals surface area contributed by atoms with Crippen LogP contribution in [0.25, 0.3) is 10.2 Å². The molecule has 0 spiro atoms. The van der Waals surface area contributed by atoms with Gasteiger partial charge in [-0.1, -0.05) is 0 Å². The molecular formula is C17H7F5N2O5S3. The largest absolute Gasteiger partial charge is 0.480 e. The topological polar surface area (TPSA) is 106 Å². The number of carboxylic acids is 1. The molecule has 32 heavy (non-hydrogen) atoms. The highest BCUT2D eigenvalue weighted by Gasteiger charge is 2.35. The van der Waals surface area contributed by atoms with Gasteiger partial charge in [-0.3, -0.25) is 4.99 Å². The Labute approximate surface area is 183 Å². The summed E-state index contributed by atoms with van der Waals surface area (Å²) in [5.74, 6) is -13.8. The van der Waals surface area contributed by atoms with E-state index in [-0.39, 0.29) is 5.75 Å². The Morgan fingerprint density at radius 1 is 1.06 bits per heavy atom. The van der Waals surface area contributed by atoms with E-state index < -0.39 is 61.9 Å². The normalized spacial score (nSPS) is 16.4. The van der Waals surface area contributed by atoms with Crippen LogP contribution in [0.1, 0.15) is 5.01 Å². The van der Waals surface area contributed by atoms with E-state index in [1.165, 1.54) is 17.8 Å². The molecule has 0 bridgehead atoms. The summed E-state index contributed by atoms with van der Waals surface area (Å²) in [4.78, 5) is 17.2. The molecule has 2 heterocycles. The molecule has 0 fully saturated rings. The van der Waals surface area contributed by atoms with Gasteiger partial charge >= 0.3 is 16.1 Å². The Bertz CT molecular complexity index is 1390. The summed E-state index contributed by atoms with van der Waals surface area (Å²) < 4.78 is 97.1. The standard InChI is InChI=1S/C17H7F5N2O5S3/c18-9-10(19)12(21)14(13(22)11(9)20)32(27,28)29-5-1-2-6-8(3-5)31-16(23-6)15-24-7(4-30-15)17(25)26/h1-3,7H,4H2,(H,25,26). The molecule has 1 aromatic heterocycles. The second-order valence-corrected chi connectivity index (χ2v) is 9.71. The molecule has 1 aliphatic heterocycles. The van der Waals surface area contributed by atoms with Gasteiger partial charge < -0.3 is 9.29 Å². The van der Waals surface area contributed by atoms with Crippen LogP contribution < -0.4 is 4.18 Å². The number of halogens is 5. The van der Waals surface area contributed by atoms with Crippen LogP contribution in [0.15, 0.2) is 28.1 Å². The lowest BCUT2D eigenvalue weighted by Crippen LogP contribution is -2.17. The average Bonchev–Trinajstić information content (AvgIpc) is 3.37. The molecule has 1 aliphatic rings. The highest BCUT2D eigenvalue weighted by molar-refractivity contribution is 8.15. The van der Waals surface area contributed by atoms with Crippen LogP contribution in [0.4, 0.5) is 22.0 Å². The van der Waals surface area contributed by atoms with Crippen molar-refractivity contribution in [2.45, 2.75) is 10.9 Å². The molecule has 2 aromatic carbocycles. The van der Waals surface area contributed by atoms with Gasteiger partial charge in [0.1, 0.15) is 15.8 Å². The molecule has 1 atom stereocenters.